The molecule has 0 aliphatic heterocycles. The number of hydrogen-bond acceptors (Lipinski definition) is 2. The molecule has 3 heteroatoms. The van der Waals surface area contributed by atoms with Crippen LogP contribution in [0.5, 0.6) is 0 Å². The molecule has 15 heavy (non-hydrogen) atoms. The number of allylic oxidation sites excluding steroid dienone is 1. The Balaban J connectivity index is 2.80. The molecule has 0 amide bonds. The van der Waals surface area contributed by atoms with Gasteiger partial charge in [0.1, 0.15) is 0 Å². The normalized spacial score (nSPS) is 9.93. The van der Waals surface area contributed by atoms with Gasteiger partial charge in [-0.05, 0) is 0 Å². The van der Waals surface area contributed by atoms with E-state index in [1.165, 1.54) is 6.08 Å². The van der Waals surface area contributed by atoms with Crippen molar-refractivity contribution in [2.24, 2.45) is 0 Å². The molecule has 1 rings (SSSR count). The predicted octanol–water partition coefficient (Wildman–Crippen LogP) is 2.50. The van der Waals surface area contributed by atoms with Crippen LogP contribution in [0.1, 0.15) is 10.4 Å². The highest BCUT2D eigenvalue weighted by molar-refractivity contribution is 6.04. The molecule has 76 valence electrons. The van der Waals surface area contributed by atoms with E-state index in [-0.39, 0.29) is 5.78 Å². The van der Waals surface area contributed by atoms with Crippen LogP contribution >= 0.6 is 0 Å². The van der Waals surface area contributed by atoms with Gasteiger partial charge in [0.15, 0.2) is 11.5 Å². The Morgan fingerprint density at radius 1 is 1.33 bits per heavy atom. The zero-order chi connectivity index (χ0) is 11.3. The fourth-order valence-electron chi connectivity index (χ4n) is 1.01. The van der Waals surface area contributed by atoms with Crippen LogP contribution in [0.3, 0.4) is 0 Å². The van der Waals surface area contributed by atoms with Gasteiger partial charge in [-0.1, -0.05) is 24.3 Å². The van der Waals surface area contributed by atoms with E-state index >= 15 is 0 Å². The van der Waals surface area contributed by atoms with E-state index in [1.807, 2.05) is 14.1 Å². The van der Waals surface area contributed by atoms with E-state index in [4.69, 9.17) is 6.57 Å². The fraction of sp³-hybridized carbons (Fsp3) is 0.167. The second-order valence-corrected chi connectivity index (χ2v) is 3.30. The number of ketones is 1. The highest BCUT2D eigenvalue weighted by Gasteiger charge is 2.00. The van der Waals surface area contributed by atoms with Crippen molar-refractivity contribution in [1.29, 1.82) is 0 Å². The Morgan fingerprint density at radius 3 is 2.40 bits per heavy atom. The van der Waals surface area contributed by atoms with Gasteiger partial charge >= 0.3 is 0 Å². The first-order valence-corrected chi connectivity index (χ1v) is 4.50. The van der Waals surface area contributed by atoms with Crippen molar-refractivity contribution in [1.82, 2.24) is 4.90 Å². The number of nitrogens with zero attached hydrogens (tertiary/aromatic N) is 2. The summed E-state index contributed by atoms with van der Waals surface area (Å²) in [7, 11) is 3.71. The van der Waals surface area contributed by atoms with E-state index in [1.54, 1.807) is 35.4 Å². The average Bonchev–Trinajstić information content (AvgIpc) is 2.26. The largest absolute Gasteiger partial charge is 0.383 e. The summed E-state index contributed by atoms with van der Waals surface area (Å²) >= 11 is 0. The zero-order valence-electron chi connectivity index (χ0n) is 8.77. The first-order valence-electron chi connectivity index (χ1n) is 4.50. The van der Waals surface area contributed by atoms with E-state index < -0.39 is 0 Å². The number of rotatable bonds is 3. The molecule has 0 radical (unpaired) electrons. The SMILES string of the molecule is [C-]#[N+]c1ccc(C(=O)/C=C/N(C)C)cc1. The summed E-state index contributed by atoms with van der Waals surface area (Å²) in [5.74, 6) is -0.0553. The fourth-order valence-corrected chi connectivity index (χ4v) is 1.01. The number of carbonyl (C=O) groups excluding carboxylic acids is 1. The third kappa shape index (κ3) is 3.28. The third-order valence-electron chi connectivity index (χ3n) is 1.80. The van der Waals surface area contributed by atoms with Gasteiger partial charge in [0.05, 0.1) is 6.57 Å². The van der Waals surface area contributed by atoms with Crippen molar-refractivity contribution in [3.05, 3.63) is 53.5 Å². The standard InChI is InChI=1S/C12H12N2O/c1-13-11-6-4-10(5-7-11)12(15)8-9-14(2)3/h4-9H,2-3H3/b9-8+. The van der Waals surface area contributed by atoms with Gasteiger partial charge < -0.3 is 4.90 Å². The minimum absolute atomic E-state index is 0.0553. The zero-order valence-corrected chi connectivity index (χ0v) is 8.77. The van der Waals surface area contributed by atoms with Crippen LogP contribution in [0.15, 0.2) is 36.5 Å². The molecule has 3 nitrogen and oxygen atoms in total. The number of carbonyl (C=O) groups is 1. The lowest BCUT2D eigenvalue weighted by molar-refractivity contribution is 0.104. The molecule has 0 unspecified atom stereocenters. The molecule has 0 saturated heterocycles. The van der Waals surface area contributed by atoms with Crippen LogP contribution in [0.4, 0.5) is 5.69 Å². The maximum Gasteiger partial charge on any atom is 0.187 e. The Hall–Kier alpha value is -2.08. The maximum atomic E-state index is 11.6. The molecule has 1 aromatic carbocycles. The molecule has 1 aromatic rings. The van der Waals surface area contributed by atoms with Crippen molar-refractivity contribution in [3.63, 3.8) is 0 Å². The maximum absolute atomic E-state index is 11.6. The smallest absolute Gasteiger partial charge is 0.187 e. The molecule has 0 atom stereocenters. The van der Waals surface area contributed by atoms with Crippen LogP contribution in [0, 0.1) is 6.57 Å². The Bertz CT molecular complexity index is 410. The molecule has 0 aromatic heterocycles. The molecule has 0 saturated carbocycles. The predicted molar refractivity (Wildman–Crippen MR) is 59.9 cm³/mol. The van der Waals surface area contributed by atoms with E-state index in [9.17, 15) is 4.79 Å². The van der Waals surface area contributed by atoms with Crippen LogP contribution < -0.4 is 0 Å². The summed E-state index contributed by atoms with van der Waals surface area (Å²) in [6.07, 6.45) is 3.21. The summed E-state index contributed by atoms with van der Waals surface area (Å²) in [5.41, 5.74) is 1.14. The lowest BCUT2D eigenvalue weighted by Crippen LogP contribution is -2.02. The van der Waals surface area contributed by atoms with Gasteiger partial charge in [-0.25, -0.2) is 4.85 Å². The Labute approximate surface area is 89.5 Å². The van der Waals surface area contributed by atoms with Crippen molar-refractivity contribution in [3.8, 4) is 0 Å². The second-order valence-electron chi connectivity index (χ2n) is 3.30. The van der Waals surface area contributed by atoms with E-state index in [2.05, 4.69) is 4.85 Å². The lowest BCUT2D eigenvalue weighted by atomic mass is 10.1. The van der Waals surface area contributed by atoms with Crippen molar-refractivity contribution >= 4 is 11.5 Å². The van der Waals surface area contributed by atoms with Crippen molar-refractivity contribution in [2.75, 3.05) is 14.1 Å². The van der Waals surface area contributed by atoms with Crippen LogP contribution in [0.2, 0.25) is 0 Å². The van der Waals surface area contributed by atoms with Gasteiger partial charge in [0.25, 0.3) is 0 Å². The summed E-state index contributed by atoms with van der Waals surface area (Å²) in [6.45, 7) is 6.78. The number of hydrogen-bond donors (Lipinski definition) is 0. The average molecular weight is 200 g/mol. The molecule has 0 heterocycles. The molecule has 0 N–H and O–H groups in total. The first-order chi connectivity index (χ1) is 7.13. The van der Waals surface area contributed by atoms with Crippen molar-refractivity contribution < 1.29 is 4.79 Å². The minimum Gasteiger partial charge on any atom is -0.383 e. The molecule has 0 fully saturated rings. The highest BCUT2D eigenvalue weighted by Crippen LogP contribution is 2.13. The minimum atomic E-state index is -0.0553. The molecule has 0 aliphatic rings. The van der Waals surface area contributed by atoms with Gasteiger partial charge in [-0.3, -0.25) is 4.79 Å². The number of benzene rings is 1. The topological polar surface area (TPSA) is 24.7 Å². The Kier molecular flexibility index (Phi) is 3.64. The van der Waals surface area contributed by atoms with Crippen molar-refractivity contribution in [2.45, 2.75) is 0 Å². The highest BCUT2D eigenvalue weighted by atomic mass is 16.1. The monoisotopic (exact) mass is 200 g/mol. The van der Waals surface area contributed by atoms with Crippen LogP contribution in [0.25, 0.3) is 4.85 Å². The van der Waals surface area contributed by atoms with Gasteiger partial charge in [-0.15, -0.1) is 0 Å². The van der Waals surface area contributed by atoms with Gasteiger partial charge in [0.2, 0.25) is 0 Å². The second kappa shape index (κ2) is 4.97. The summed E-state index contributed by atoms with van der Waals surface area (Å²) in [5, 5.41) is 0. The van der Waals surface area contributed by atoms with Crippen LogP contribution in [-0.2, 0) is 0 Å². The summed E-state index contributed by atoms with van der Waals surface area (Å²) in [6, 6.07) is 6.61. The van der Waals surface area contributed by atoms with Gasteiger partial charge in [0, 0.05) is 31.9 Å². The molecule has 0 bridgehead atoms. The summed E-state index contributed by atoms with van der Waals surface area (Å²) in [4.78, 5) is 16.6. The van der Waals surface area contributed by atoms with Crippen LogP contribution in [-0.4, -0.2) is 24.8 Å². The molecule has 0 aliphatic carbocycles. The van der Waals surface area contributed by atoms with Gasteiger partial charge in [-0.2, -0.15) is 0 Å². The Morgan fingerprint density at radius 2 is 1.93 bits per heavy atom. The van der Waals surface area contributed by atoms with E-state index in [0.29, 0.717) is 11.3 Å². The summed E-state index contributed by atoms with van der Waals surface area (Å²) < 4.78 is 0. The van der Waals surface area contributed by atoms with E-state index in [0.717, 1.165) is 0 Å². The molecular formula is C12H12N2O. The quantitative estimate of drug-likeness (QED) is 0.425. The first kappa shape index (κ1) is 11.0. The molecule has 0 spiro atoms. The lowest BCUT2D eigenvalue weighted by Gasteiger charge is -2.02. The third-order valence-corrected chi connectivity index (χ3v) is 1.80. The molecular weight excluding hydrogens is 188 g/mol.